The molecule has 70 valence electrons. The van der Waals surface area contributed by atoms with Crippen LogP contribution in [0.3, 0.4) is 0 Å². The summed E-state index contributed by atoms with van der Waals surface area (Å²) in [6.45, 7) is 0. The molecule has 8 heteroatoms. The molecule has 0 aromatic carbocycles. The van der Waals surface area contributed by atoms with Crippen LogP contribution in [0.4, 0.5) is 4.79 Å². The lowest BCUT2D eigenvalue weighted by Crippen LogP contribution is -2.39. The van der Waals surface area contributed by atoms with Crippen LogP contribution in [-0.4, -0.2) is 20.8 Å². The molecule has 1 aromatic heterocycles. The van der Waals surface area contributed by atoms with Gasteiger partial charge in [0.15, 0.2) is 5.75 Å². The Balaban J connectivity index is 3.24. The number of amides is 2. The number of carbonyl (C=O) groups is 1. The molecule has 0 bridgehead atoms. The smallest absolute Gasteiger partial charge is 0.347 e. The molecule has 0 spiro atoms. The van der Waals surface area contributed by atoms with Gasteiger partial charge in [0.25, 0.3) is 5.56 Å². The average Bonchev–Trinajstić information content (AvgIpc) is 1.99. The standard InChI is InChI=1S/C5H6N4O4/c6-4(12)8-9-1-2(10)3(11)7-5(9)13/h1,10H,(H3,6,8,12)(H,7,11,13). The van der Waals surface area contributed by atoms with E-state index in [1.807, 2.05) is 5.43 Å². The van der Waals surface area contributed by atoms with E-state index >= 15 is 0 Å². The second-order valence-electron chi connectivity index (χ2n) is 2.12. The molecule has 5 N–H and O–H groups in total. The van der Waals surface area contributed by atoms with Crippen LogP contribution >= 0.6 is 0 Å². The fourth-order valence-corrected chi connectivity index (χ4v) is 0.663. The molecular weight excluding hydrogens is 180 g/mol. The number of rotatable bonds is 1. The third kappa shape index (κ3) is 1.86. The summed E-state index contributed by atoms with van der Waals surface area (Å²) in [6, 6.07) is -0.992. The third-order valence-electron chi connectivity index (χ3n) is 1.15. The van der Waals surface area contributed by atoms with E-state index in [0.717, 1.165) is 6.20 Å². The summed E-state index contributed by atoms with van der Waals surface area (Å²) in [5.74, 6) is -0.701. The van der Waals surface area contributed by atoms with E-state index in [-0.39, 0.29) is 0 Å². The SMILES string of the molecule is NC(=O)Nn1cc(O)c(=O)[nH]c1=O. The largest absolute Gasteiger partial charge is 0.502 e. The minimum absolute atomic E-state index is 0.555. The number of hydrogen-bond donors (Lipinski definition) is 4. The number of H-pyrrole nitrogens is 1. The van der Waals surface area contributed by atoms with Gasteiger partial charge in [-0.1, -0.05) is 0 Å². The second-order valence-corrected chi connectivity index (χ2v) is 2.12. The van der Waals surface area contributed by atoms with E-state index in [1.54, 1.807) is 4.98 Å². The second kappa shape index (κ2) is 3.01. The molecule has 0 unspecified atom stereocenters. The molecule has 1 rings (SSSR count). The minimum atomic E-state index is -0.992. The molecule has 1 heterocycles. The number of nitrogens with one attached hydrogen (secondary N) is 2. The van der Waals surface area contributed by atoms with Crippen molar-refractivity contribution >= 4 is 6.03 Å². The third-order valence-corrected chi connectivity index (χ3v) is 1.15. The first-order valence-corrected chi connectivity index (χ1v) is 3.12. The van der Waals surface area contributed by atoms with Crippen molar-refractivity contribution in [3.8, 4) is 5.75 Å². The predicted octanol–water partition coefficient (Wildman–Crippen LogP) is -2.14. The highest BCUT2D eigenvalue weighted by molar-refractivity contribution is 5.79. The van der Waals surface area contributed by atoms with Gasteiger partial charge < -0.3 is 10.8 Å². The first kappa shape index (κ1) is 8.84. The zero-order valence-electron chi connectivity index (χ0n) is 6.27. The fraction of sp³-hybridized carbons (Fsp3) is 0. The van der Waals surface area contributed by atoms with Crippen LogP contribution in [0.2, 0.25) is 0 Å². The number of urea groups is 1. The maximum atomic E-state index is 10.9. The van der Waals surface area contributed by atoms with Crippen molar-refractivity contribution in [3.05, 3.63) is 27.0 Å². The molecule has 0 aliphatic rings. The molecule has 0 fully saturated rings. The summed E-state index contributed by atoms with van der Waals surface area (Å²) < 4.78 is 0.555. The molecule has 0 radical (unpaired) electrons. The van der Waals surface area contributed by atoms with Crippen molar-refractivity contribution in [2.75, 3.05) is 5.43 Å². The number of carbonyl (C=O) groups excluding carboxylic acids is 1. The Hall–Kier alpha value is -2.25. The summed E-state index contributed by atoms with van der Waals surface area (Å²) in [4.78, 5) is 33.5. The average molecular weight is 186 g/mol. The minimum Gasteiger partial charge on any atom is -0.502 e. The Kier molecular flexibility index (Phi) is 2.05. The molecule has 0 aliphatic heterocycles. The number of nitrogens with two attached hydrogens (primary N) is 1. The number of nitrogens with zero attached hydrogens (tertiary/aromatic N) is 1. The highest BCUT2D eigenvalue weighted by Gasteiger charge is 2.02. The van der Waals surface area contributed by atoms with E-state index in [0.29, 0.717) is 4.68 Å². The van der Waals surface area contributed by atoms with Crippen molar-refractivity contribution in [2.24, 2.45) is 5.73 Å². The van der Waals surface area contributed by atoms with E-state index < -0.39 is 23.0 Å². The van der Waals surface area contributed by atoms with Gasteiger partial charge in [0, 0.05) is 0 Å². The topological polar surface area (TPSA) is 130 Å². The number of primary amides is 1. The molecule has 13 heavy (non-hydrogen) atoms. The van der Waals surface area contributed by atoms with E-state index in [2.05, 4.69) is 0 Å². The van der Waals surface area contributed by atoms with Crippen molar-refractivity contribution in [3.63, 3.8) is 0 Å². The highest BCUT2D eigenvalue weighted by Crippen LogP contribution is 1.90. The van der Waals surface area contributed by atoms with Crippen LogP contribution in [0, 0.1) is 0 Å². The number of aromatic nitrogens is 2. The first-order chi connectivity index (χ1) is 6.00. The quantitative estimate of drug-likeness (QED) is 0.398. The predicted molar refractivity (Wildman–Crippen MR) is 41.9 cm³/mol. The maximum absolute atomic E-state index is 10.9. The van der Waals surface area contributed by atoms with Gasteiger partial charge in [-0.2, -0.15) is 0 Å². The van der Waals surface area contributed by atoms with E-state index in [4.69, 9.17) is 10.8 Å². The summed E-state index contributed by atoms with van der Waals surface area (Å²) in [6.07, 6.45) is 0.742. The Labute approximate surface area is 70.6 Å². The van der Waals surface area contributed by atoms with Gasteiger partial charge in [0.05, 0.1) is 6.20 Å². The van der Waals surface area contributed by atoms with Gasteiger partial charge in [0.2, 0.25) is 0 Å². The molecule has 2 amide bonds. The zero-order chi connectivity index (χ0) is 10.0. The molecule has 8 nitrogen and oxygen atoms in total. The van der Waals surface area contributed by atoms with Crippen molar-refractivity contribution in [1.29, 1.82) is 0 Å². The fourth-order valence-electron chi connectivity index (χ4n) is 0.663. The molecule has 0 saturated heterocycles. The molecule has 0 saturated carbocycles. The van der Waals surface area contributed by atoms with Crippen LogP contribution in [0.1, 0.15) is 0 Å². The molecule has 0 atom stereocenters. The monoisotopic (exact) mass is 186 g/mol. The number of aromatic hydroxyl groups is 1. The highest BCUT2D eigenvalue weighted by atomic mass is 16.3. The van der Waals surface area contributed by atoms with Gasteiger partial charge in [-0.05, 0) is 0 Å². The maximum Gasteiger partial charge on any atom is 0.347 e. The van der Waals surface area contributed by atoms with Crippen molar-refractivity contribution in [1.82, 2.24) is 9.66 Å². The van der Waals surface area contributed by atoms with E-state index in [1.165, 1.54) is 0 Å². The van der Waals surface area contributed by atoms with E-state index in [9.17, 15) is 14.4 Å². The van der Waals surface area contributed by atoms with Crippen LogP contribution in [-0.2, 0) is 0 Å². The van der Waals surface area contributed by atoms with Crippen LogP contribution in [0.5, 0.6) is 5.75 Å². The van der Waals surface area contributed by atoms with Crippen LogP contribution in [0.25, 0.3) is 0 Å². The van der Waals surface area contributed by atoms with Crippen molar-refractivity contribution in [2.45, 2.75) is 0 Å². The Morgan fingerprint density at radius 2 is 2.23 bits per heavy atom. The van der Waals surface area contributed by atoms with Crippen molar-refractivity contribution < 1.29 is 9.90 Å². The molecule has 1 aromatic rings. The summed E-state index contributed by atoms with van der Waals surface area (Å²) in [5, 5.41) is 8.84. The zero-order valence-corrected chi connectivity index (χ0v) is 6.27. The summed E-state index contributed by atoms with van der Waals surface area (Å²) >= 11 is 0. The number of hydrogen-bond acceptors (Lipinski definition) is 4. The Morgan fingerprint density at radius 1 is 1.62 bits per heavy atom. The summed E-state index contributed by atoms with van der Waals surface area (Å²) in [5.41, 5.74) is 4.71. The van der Waals surface area contributed by atoms with Gasteiger partial charge >= 0.3 is 11.7 Å². The Bertz CT molecular complexity index is 445. The van der Waals surface area contributed by atoms with Crippen LogP contribution < -0.4 is 22.4 Å². The van der Waals surface area contributed by atoms with Gasteiger partial charge in [-0.25, -0.2) is 19.7 Å². The normalized spacial score (nSPS) is 9.54. The van der Waals surface area contributed by atoms with Gasteiger partial charge in [0.1, 0.15) is 0 Å². The lowest BCUT2D eigenvalue weighted by atomic mass is 10.6. The first-order valence-electron chi connectivity index (χ1n) is 3.12. The lowest BCUT2D eigenvalue weighted by molar-refractivity contribution is 0.256. The Morgan fingerprint density at radius 3 is 2.77 bits per heavy atom. The van der Waals surface area contributed by atoms with Gasteiger partial charge in [-0.3, -0.25) is 9.78 Å². The lowest BCUT2D eigenvalue weighted by Gasteiger charge is -2.03. The molecule has 0 aliphatic carbocycles. The molecular formula is C5H6N4O4. The summed E-state index contributed by atoms with van der Waals surface area (Å²) in [7, 11) is 0. The van der Waals surface area contributed by atoms with Gasteiger partial charge in [-0.15, -0.1) is 0 Å². The van der Waals surface area contributed by atoms with Crippen LogP contribution in [0.15, 0.2) is 15.8 Å². The number of aromatic amines is 1.